The van der Waals surface area contributed by atoms with Crippen molar-refractivity contribution >= 4 is 17.5 Å². The number of aryl methyl sites for hydroxylation is 1. The highest BCUT2D eigenvalue weighted by atomic mass is 16.2. The molecule has 0 aromatic heterocycles. The molecule has 1 aromatic carbocycles. The number of benzene rings is 1. The first-order chi connectivity index (χ1) is 10.1. The molecule has 0 aliphatic carbocycles. The lowest BCUT2D eigenvalue weighted by molar-refractivity contribution is -0.136. The Morgan fingerprint density at radius 2 is 2.00 bits per heavy atom. The van der Waals surface area contributed by atoms with Gasteiger partial charge in [0.2, 0.25) is 11.8 Å². The van der Waals surface area contributed by atoms with E-state index in [1.54, 1.807) is 0 Å². The van der Waals surface area contributed by atoms with E-state index in [9.17, 15) is 9.59 Å². The summed E-state index contributed by atoms with van der Waals surface area (Å²) in [5.74, 6) is -0.0491. The van der Waals surface area contributed by atoms with Gasteiger partial charge in [0.05, 0.1) is 5.92 Å². The van der Waals surface area contributed by atoms with Crippen molar-refractivity contribution in [2.75, 3.05) is 37.6 Å². The van der Waals surface area contributed by atoms with E-state index in [2.05, 4.69) is 41.4 Å². The van der Waals surface area contributed by atoms with Crippen molar-refractivity contribution in [3.05, 3.63) is 29.8 Å². The zero-order valence-electron chi connectivity index (χ0n) is 12.3. The molecule has 0 radical (unpaired) electrons. The van der Waals surface area contributed by atoms with Gasteiger partial charge in [0.1, 0.15) is 0 Å². The highest BCUT2D eigenvalue weighted by molar-refractivity contribution is 5.89. The van der Waals surface area contributed by atoms with Gasteiger partial charge in [0.25, 0.3) is 0 Å². The van der Waals surface area contributed by atoms with E-state index in [1.807, 2.05) is 4.90 Å². The van der Waals surface area contributed by atoms with Gasteiger partial charge in [-0.25, -0.2) is 0 Å². The van der Waals surface area contributed by atoms with E-state index < -0.39 is 0 Å². The van der Waals surface area contributed by atoms with Crippen molar-refractivity contribution in [1.82, 2.24) is 10.2 Å². The number of nitrogens with one attached hydrogen (secondary N) is 1. The summed E-state index contributed by atoms with van der Waals surface area (Å²) in [7, 11) is 0. The smallest absolute Gasteiger partial charge is 0.228 e. The fourth-order valence-electron chi connectivity index (χ4n) is 3.05. The molecular weight excluding hydrogens is 266 g/mol. The molecule has 5 nitrogen and oxygen atoms in total. The van der Waals surface area contributed by atoms with Crippen LogP contribution < -0.4 is 10.2 Å². The van der Waals surface area contributed by atoms with Gasteiger partial charge in [-0.1, -0.05) is 12.1 Å². The summed E-state index contributed by atoms with van der Waals surface area (Å²) in [5.41, 5.74) is 2.47. The lowest BCUT2D eigenvalue weighted by atomic mass is 10.1. The van der Waals surface area contributed by atoms with Crippen molar-refractivity contribution in [3.8, 4) is 0 Å². The monoisotopic (exact) mass is 287 g/mol. The van der Waals surface area contributed by atoms with Crippen molar-refractivity contribution < 1.29 is 9.59 Å². The summed E-state index contributed by atoms with van der Waals surface area (Å²) in [4.78, 5) is 27.8. The molecule has 5 heteroatoms. The molecule has 1 atom stereocenters. The minimum absolute atomic E-state index is 0.00764. The second-order valence-electron chi connectivity index (χ2n) is 5.86. The van der Waals surface area contributed by atoms with Gasteiger partial charge < -0.3 is 15.1 Å². The Kier molecular flexibility index (Phi) is 3.82. The number of hydrogen-bond donors (Lipinski definition) is 1. The molecule has 2 heterocycles. The van der Waals surface area contributed by atoms with Gasteiger partial charge in [0.15, 0.2) is 0 Å². The van der Waals surface area contributed by atoms with Gasteiger partial charge >= 0.3 is 0 Å². The zero-order chi connectivity index (χ0) is 14.8. The van der Waals surface area contributed by atoms with Gasteiger partial charge in [-0.15, -0.1) is 0 Å². The van der Waals surface area contributed by atoms with Crippen LogP contribution in [0.15, 0.2) is 24.3 Å². The molecule has 21 heavy (non-hydrogen) atoms. The molecule has 1 unspecified atom stereocenters. The van der Waals surface area contributed by atoms with Gasteiger partial charge in [0, 0.05) is 44.8 Å². The molecule has 2 amide bonds. The molecule has 112 valence electrons. The van der Waals surface area contributed by atoms with Crippen molar-refractivity contribution in [1.29, 1.82) is 0 Å². The van der Waals surface area contributed by atoms with E-state index in [1.165, 1.54) is 11.3 Å². The van der Waals surface area contributed by atoms with Gasteiger partial charge in [-0.3, -0.25) is 9.59 Å². The normalized spacial score (nSPS) is 22.3. The largest absolute Gasteiger partial charge is 0.368 e. The van der Waals surface area contributed by atoms with E-state index in [0.29, 0.717) is 13.0 Å². The Balaban J connectivity index is 1.57. The number of piperazine rings is 1. The molecule has 0 spiro atoms. The van der Waals surface area contributed by atoms with Crippen LogP contribution in [0.4, 0.5) is 5.69 Å². The van der Waals surface area contributed by atoms with E-state index in [0.717, 1.165) is 26.2 Å². The molecule has 2 fully saturated rings. The van der Waals surface area contributed by atoms with Crippen LogP contribution in [-0.2, 0) is 9.59 Å². The topological polar surface area (TPSA) is 52.6 Å². The lowest BCUT2D eigenvalue weighted by Crippen LogP contribution is -2.50. The maximum Gasteiger partial charge on any atom is 0.228 e. The number of nitrogens with zero attached hydrogens (tertiary/aromatic N) is 2. The van der Waals surface area contributed by atoms with Crippen molar-refractivity contribution in [2.45, 2.75) is 13.3 Å². The number of anilines is 1. The predicted molar refractivity (Wildman–Crippen MR) is 81.1 cm³/mol. The van der Waals surface area contributed by atoms with E-state index >= 15 is 0 Å². The van der Waals surface area contributed by atoms with Crippen LogP contribution in [-0.4, -0.2) is 49.4 Å². The number of carbonyl (C=O) groups excluding carboxylic acids is 2. The molecule has 3 rings (SSSR count). The third-order valence-corrected chi connectivity index (χ3v) is 4.28. The van der Waals surface area contributed by atoms with E-state index in [4.69, 9.17) is 0 Å². The van der Waals surface area contributed by atoms with Crippen molar-refractivity contribution in [3.63, 3.8) is 0 Å². The second kappa shape index (κ2) is 5.76. The summed E-state index contributed by atoms with van der Waals surface area (Å²) in [5, 5.41) is 2.73. The minimum Gasteiger partial charge on any atom is -0.368 e. The van der Waals surface area contributed by atoms with Crippen LogP contribution in [0.3, 0.4) is 0 Å². The average Bonchev–Trinajstić information content (AvgIpc) is 2.93. The van der Waals surface area contributed by atoms with Crippen LogP contribution in [0.25, 0.3) is 0 Å². The molecule has 2 aliphatic heterocycles. The fourth-order valence-corrected chi connectivity index (χ4v) is 3.05. The van der Waals surface area contributed by atoms with Crippen LogP contribution >= 0.6 is 0 Å². The van der Waals surface area contributed by atoms with Gasteiger partial charge in [-0.05, 0) is 24.6 Å². The first-order valence-electron chi connectivity index (χ1n) is 7.50. The first-order valence-corrected chi connectivity index (χ1v) is 7.50. The Labute approximate surface area is 124 Å². The van der Waals surface area contributed by atoms with Crippen molar-refractivity contribution in [2.24, 2.45) is 5.92 Å². The number of rotatable bonds is 2. The summed E-state index contributed by atoms with van der Waals surface area (Å²) in [6.45, 7) is 5.75. The van der Waals surface area contributed by atoms with Crippen LogP contribution in [0.2, 0.25) is 0 Å². The number of hydrogen-bond acceptors (Lipinski definition) is 3. The maximum atomic E-state index is 12.4. The lowest BCUT2D eigenvalue weighted by Gasteiger charge is -2.37. The standard InChI is InChI=1S/C16H21N3O2/c1-12-3-2-4-14(9-12)18-5-7-19(8-6-18)16(21)13-10-15(20)17-11-13/h2-4,9,13H,5-8,10-11H2,1H3,(H,17,20). The van der Waals surface area contributed by atoms with Crippen LogP contribution in [0.1, 0.15) is 12.0 Å². The number of amides is 2. The summed E-state index contributed by atoms with van der Waals surface area (Å²) < 4.78 is 0. The highest BCUT2D eigenvalue weighted by Crippen LogP contribution is 2.19. The third-order valence-electron chi connectivity index (χ3n) is 4.28. The molecule has 2 saturated heterocycles. The second-order valence-corrected chi connectivity index (χ2v) is 5.86. The third kappa shape index (κ3) is 3.01. The van der Waals surface area contributed by atoms with E-state index in [-0.39, 0.29) is 17.7 Å². The Bertz CT molecular complexity index is 550. The van der Waals surface area contributed by atoms with Crippen LogP contribution in [0.5, 0.6) is 0 Å². The minimum atomic E-state index is -0.164. The number of carbonyl (C=O) groups is 2. The molecule has 0 saturated carbocycles. The Morgan fingerprint density at radius 3 is 2.62 bits per heavy atom. The maximum absolute atomic E-state index is 12.4. The Morgan fingerprint density at radius 1 is 1.24 bits per heavy atom. The summed E-state index contributed by atoms with van der Waals surface area (Å²) in [6, 6.07) is 8.45. The zero-order valence-corrected chi connectivity index (χ0v) is 12.3. The predicted octanol–water partition coefficient (Wildman–Crippen LogP) is 0.780. The highest BCUT2D eigenvalue weighted by Gasteiger charge is 2.32. The molecular formula is C16H21N3O2. The summed E-state index contributed by atoms with van der Waals surface area (Å²) >= 11 is 0. The molecule has 1 aromatic rings. The Hall–Kier alpha value is -2.04. The molecule has 2 aliphatic rings. The quantitative estimate of drug-likeness (QED) is 0.874. The van der Waals surface area contributed by atoms with Crippen LogP contribution in [0, 0.1) is 12.8 Å². The fraction of sp³-hybridized carbons (Fsp3) is 0.500. The first kappa shape index (κ1) is 13.9. The van der Waals surface area contributed by atoms with Gasteiger partial charge in [-0.2, -0.15) is 0 Å². The average molecular weight is 287 g/mol. The molecule has 0 bridgehead atoms. The summed E-state index contributed by atoms with van der Waals surface area (Å²) in [6.07, 6.45) is 0.344. The molecule has 1 N–H and O–H groups in total. The SMILES string of the molecule is Cc1cccc(N2CCN(C(=O)C3CNC(=O)C3)CC2)c1.